The SMILES string of the molecule is COc1ccc([C@H](C)NCc2cc(F)ccc2C#N)cc1. The van der Waals surface area contributed by atoms with Gasteiger partial charge in [-0.15, -0.1) is 0 Å². The number of hydrogen-bond donors (Lipinski definition) is 1. The number of halogens is 1. The number of hydrogen-bond acceptors (Lipinski definition) is 3. The van der Waals surface area contributed by atoms with Crippen molar-refractivity contribution in [2.45, 2.75) is 19.5 Å². The predicted molar refractivity (Wildman–Crippen MR) is 79.4 cm³/mol. The molecule has 4 heteroatoms. The van der Waals surface area contributed by atoms with E-state index in [4.69, 9.17) is 10.00 Å². The number of nitriles is 1. The van der Waals surface area contributed by atoms with Crippen molar-refractivity contribution in [3.05, 3.63) is 65.0 Å². The molecular formula is C17H17FN2O. The molecule has 0 aliphatic carbocycles. The molecule has 1 atom stereocenters. The summed E-state index contributed by atoms with van der Waals surface area (Å²) in [7, 11) is 1.63. The van der Waals surface area contributed by atoms with Crippen molar-refractivity contribution in [2.75, 3.05) is 7.11 Å². The molecule has 3 nitrogen and oxygen atoms in total. The van der Waals surface area contributed by atoms with Crippen molar-refractivity contribution >= 4 is 0 Å². The Labute approximate surface area is 124 Å². The molecule has 0 saturated heterocycles. The Morgan fingerprint density at radius 3 is 2.57 bits per heavy atom. The third kappa shape index (κ3) is 3.80. The molecule has 0 bridgehead atoms. The van der Waals surface area contributed by atoms with Crippen molar-refractivity contribution in [1.29, 1.82) is 5.26 Å². The molecule has 0 unspecified atom stereocenters. The first-order valence-electron chi connectivity index (χ1n) is 6.70. The largest absolute Gasteiger partial charge is 0.497 e. The standard InChI is InChI=1S/C17H17FN2O/c1-12(13-4-7-17(21-2)8-5-13)20-11-15-9-16(18)6-3-14(15)10-19/h3-9,12,20H,11H2,1-2H3/t12-/m0/s1. The van der Waals surface area contributed by atoms with Crippen LogP contribution in [-0.4, -0.2) is 7.11 Å². The maximum atomic E-state index is 13.3. The molecule has 0 heterocycles. The predicted octanol–water partition coefficient (Wildman–Crippen LogP) is 3.56. The van der Waals surface area contributed by atoms with E-state index in [-0.39, 0.29) is 11.9 Å². The van der Waals surface area contributed by atoms with E-state index in [0.717, 1.165) is 11.3 Å². The molecule has 0 aliphatic heterocycles. The van der Waals surface area contributed by atoms with Crippen LogP contribution in [0.3, 0.4) is 0 Å². The molecule has 0 aliphatic rings. The number of benzene rings is 2. The number of rotatable bonds is 5. The van der Waals surface area contributed by atoms with E-state index in [2.05, 4.69) is 11.4 Å². The second-order valence-corrected chi connectivity index (χ2v) is 4.79. The van der Waals surface area contributed by atoms with Crippen molar-refractivity contribution in [3.63, 3.8) is 0 Å². The lowest BCUT2D eigenvalue weighted by Gasteiger charge is -2.15. The van der Waals surface area contributed by atoms with Gasteiger partial charge in [-0.05, 0) is 48.4 Å². The van der Waals surface area contributed by atoms with Crippen LogP contribution >= 0.6 is 0 Å². The number of nitrogens with one attached hydrogen (secondary N) is 1. The van der Waals surface area contributed by atoms with Crippen LogP contribution in [0.15, 0.2) is 42.5 Å². The van der Waals surface area contributed by atoms with Gasteiger partial charge >= 0.3 is 0 Å². The minimum Gasteiger partial charge on any atom is -0.497 e. The first-order chi connectivity index (χ1) is 10.1. The highest BCUT2D eigenvalue weighted by atomic mass is 19.1. The van der Waals surface area contributed by atoms with Crippen molar-refractivity contribution in [3.8, 4) is 11.8 Å². The third-order valence-electron chi connectivity index (χ3n) is 3.40. The minimum absolute atomic E-state index is 0.0886. The van der Waals surface area contributed by atoms with E-state index in [1.165, 1.54) is 18.2 Å². The quantitative estimate of drug-likeness (QED) is 0.913. The molecule has 2 aromatic rings. The van der Waals surface area contributed by atoms with Gasteiger partial charge in [-0.1, -0.05) is 12.1 Å². The topological polar surface area (TPSA) is 45.0 Å². The number of methoxy groups -OCH3 is 1. The fourth-order valence-corrected chi connectivity index (χ4v) is 2.09. The van der Waals surface area contributed by atoms with Gasteiger partial charge in [0.15, 0.2) is 0 Å². The number of ether oxygens (including phenoxy) is 1. The van der Waals surface area contributed by atoms with E-state index in [1.807, 2.05) is 31.2 Å². The van der Waals surface area contributed by atoms with Crippen molar-refractivity contribution in [2.24, 2.45) is 0 Å². The highest BCUT2D eigenvalue weighted by molar-refractivity contribution is 5.38. The van der Waals surface area contributed by atoms with Gasteiger partial charge in [0.25, 0.3) is 0 Å². The fourth-order valence-electron chi connectivity index (χ4n) is 2.09. The van der Waals surface area contributed by atoms with Crippen LogP contribution in [0.4, 0.5) is 4.39 Å². The van der Waals surface area contributed by atoms with Crippen LogP contribution in [0.1, 0.15) is 29.7 Å². The lowest BCUT2D eigenvalue weighted by atomic mass is 10.1. The Morgan fingerprint density at radius 2 is 1.95 bits per heavy atom. The van der Waals surface area contributed by atoms with Crippen LogP contribution in [0.2, 0.25) is 0 Å². The Hall–Kier alpha value is -2.38. The summed E-state index contributed by atoms with van der Waals surface area (Å²) in [5, 5.41) is 12.3. The molecule has 0 spiro atoms. The van der Waals surface area contributed by atoms with Gasteiger partial charge < -0.3 is 10.1 Å². The fraction of sp³-hybridized carbons (Fsp3) is 0.235. The van der Waals surface area contributed by atoms with Gasteiger partial charge in [0.1, 0.15) is 11.6 Å². The zero-order valence-corrected chi connectivity index (χ0v) is 12.1. The van der Waals surface area contributed by atoms with Crippen LogP contribution < -0.4 is 10.1 Å². The van der Waals surface area contributed by atoms with Gasteiger partial charge in [0.2, 0.25) is 0 Å². The summed E-state index contributed by atoms with van der Waals surface area (Å²) in [5.74, 6) is 0.478. The summed E-state index contributed by atoms with van der Waals surface area (Å²) < 4.78 is 18.4. The summed E-state index contributed by atoms with van der Waals surface area (Å²) in [6, 6.07) is 14.1. The first-order valence-corrected chi connectivity index (χ1v) is 6.70. The van der Waals surface area contributed by atoms with Gasteiger partial charge in [0.05, 0.1) is 18.7 Å². The molecular weight excluding hydrogens is 267 g/mol. The molecule has 2 rings (SSSR count). The normalized spacial score (nSPS) is 11.7. The maximum absolute atomic E-state index is 13.3. The van der Waals surface area contributed by atoms with E-state index in [9.17, 15) is 4.39 Å². The first kappa shape index (κ1) is 15.0. The van der Waals surface area contributed by atoms with E-state index in [0.29, 0.717) is 17.7 Å². The monoisotopic (exact) mass is 284 g/mol. The average Bonchev–Trinajstić information content (AvgIpc) is 2.52. The van der Waals surface area contributed by atoms with Crippen molar-refractivity contribution in [1.82, 2.24) is 5.32 Å². The molecule has 0 radical (unpaired) electrons. The second kappa shape index (κ2) is 6.87. The lowest BCUT2D eigenvalue weighted by molar-refractivity contribution is 0.414. The van der Waals surface area contributed by atoms with Gasteiger partial charge in [-0.25, -0.2) is 4.39 Å². The van der Waals surface area contributed by atoms with Crippen LogP contribution in [0, 0.1) is 17.1 Å². The van der Waals surface area contributed by atoms with Crippen LogP contribution in [0.25, 0.3) is 0 Å². The molecule has 108 valence electrons. The Kier molecular flexibility index (Phi) is 4.91. The molecule has 1 N–H and O–H groups in total. The van der Waals surface area contributed by atoms with Crippen molar-refractivity contribution < 1.29 is 9.13 Å². The Bertz CT molecular complexity index is 647. The lowest BCUT2D eigenvalue weighted by Crippen LogP contribution is -2.18. The molecule has 0 amide bonds. The third-order valence-corrected chi connectivity index (χ3v) is 3.40. The summed E-state index contributed by atoms with van der Waals surface area (Å²) >= 11 is 0. The molecule has 0 fully saturated rings. The summed E-state index contributed by atoms with van der Waals surface area (Å²) in [6.45, 7) is 2.46. The molecule has 21 heavy (non-hydrogen) atoms. The molecule has 0 saturated carbocycles. The van der Waals surface area contributed by atoms with Gasteiger partial charge in [-0.2, -0.15) is 5.26 Å². The second-order valence-electron chi connectivity index (χ2n) is 4.79. The van der Waals surface area contributed by atoms with Gasteiger partial charge in [-0.3, -0.25) is 0 Å². The zero-order chi connectivity index (χ0) is 15.2. The smallest absolute Gasteiger partial charge is 0.123 e. The Balaban J connectivity index is 2.05. The number of nitrogens with zero attached hydrogens (tertiary/aromatic N) is 1. The average molecular weight is 284 g/mol. The molecule has 2 aromatic carbocycles. The minimum atomic E-state index is -0.331. The summed E-state index contributed by atoms with van der Waals surface area (Å²) in [5.41, 5.74) is 2.26. The zero-order valence-electron chi connectivity index (χ0n) is 12.1. The maximum Gasteiger partial charge on any atom is 0.123 e. The highest BCUT2D eigenvalue weighted by Crippen LogP contribution is 2.18. The van der Waals surface area contributed by atoms with E-state index < -0.39 is 0 Å². The van der Waals surface area contributed by atoms with E-state index >= 15 is 0 Å². The van der Waals surface area contributed by atoms with Crippen LogP contribution in [0.5, 0.6) is 5.75 Å². The Morgan fingerprint density at radius 1 is 1.24 bits per heavy atom. The highest BCUT2D eigenvalue weighted by Gasteiger charge is 2.08. The van der Waals surface area contributed by atoms with Crippen LogP contribution in [-0.2, 0) is 6.54 Å². The summed E-state index contributed by atoms with van der Waals surface area (Å²) in [4.78, 5) is 0. The van der Waals surface area contributed by atoms with Gasteiger partial charge in [0, 0.05) is 12.6 Å². The summed E-state index contributed by atoms with van der Waals surface area (Å²) in [6.07, 6.45) is 0. The van der Waals surface area contributed by atoms with E-state index in [1.54, 1.807) is 7.11 Å². The molecule has 0 aromatic heterocycles.